The minimum absolute atomic E-state index is 0.00436. The summed E-state index contributed by atoms with van der Waals surface area (Å²) in [4.78, 5) is 15.9. The number of carbonyl (C=O) groups is 1. The highest BCUT2D eigenvalue weighted by atomic mass is 16.7. The van der Waals surface area contributed by atoms with Crippen molar-refractivity contribution >= 4 is 5.97 Å². The van der Waals surface area contributed by atoms with Gasteiger partial charge in [-0.25, -0.2) is 4.79 Å². The van der Waals surface area contributed by atoms with Crippen LogP contribution < -0.4 is 0 Å². The number of fused-ring (bicyclic) bond motifs is 1. The molecule has 4 aliphatic carbocycles. The van der Waals surface area contributed by atoms with Crippen molar-refractivity contribution in [3.8, 4) is 0 Å². The van der Waals surface area contributed by atoms with Crippen LogP contribution in [0.2, 0.25) is 0 Å². The van der Waals surface area contributed by atoms with Crippen LogP contribution in [-0.2, 0) is 14.2 Å². The number of aromatic amines is 1. The molecule has 204 valence electrons. The highest BCUT2D eigenvalue weighted by Crippen LogP contribution is 2.91. The first-order chi connectivity index (χ1) is 17.0. The number of esters is 1. The lowest BCUT2D eigenvalue weighted by molar-refractivity contribution is -0.387. The zero-order valence-electron chi connectivity index (χ0n) is 20.9. The van der Waals surface area contributed by atoms with Gasteiger partial charge in [0.25, 0.3) is 0 Å². The largest absolute Gasteiger partial charge is 0.451 e. The van der Waals surface area contributed by atoms with E-state index in [1.54, 1.807) is 13.0 Å². The second kappa shape index (κ2) is 5.93. The fourth-order valence-electron chi connectivity index (χ4n) is 9.88. The molecule has 6 bridgehead atoms. The molecule has 7 aliphatic rings. The summed E-state index contributed by atoms with van der Waals surface area (Å²) in [5, 5.41) is 84.8. The Balaban J connectivity index is 1.56. The van der Waals surface area contributed by atoms with Crippen molar-refractivity contribution in [1.29, 1.82) is 0 Å². The number of hydrogen-bond donors (Lipinski definition) is 8. The molecule has 0 aromatic carbocycles. The SMILES string of the molecule is CC(CO)C1(O)C(OC(=O)c2ccc[nH]2)C2(O)C3(C)CC4(O)OC5(C(O)C6(C)OC6CC35O)C2(O)C41C. The minimum atomic E-state index is -2.78. The summed E-state index contributed by atoms with van der Waals surface area (Å²) in [6.45, 7) is 5.03. The predicted molar refractivity (Wildman–Crippen MR) is 120 cm³/mol. The molecule has 3 aliphatic heterocycles. The second-order valence-corrected chi connectivity index (χ2v) is 12.8. The topological polar surface area (TPSA) is 205 Å². The van der Waals surface area contributed by atoms with Gasteiger partial charge in [0.05, 0.1) is 11.5 Å². The van der Waals surface area contributed by atoms with Crippen molar-refractivity contribution in [2.24, 2.45) is 16.7 Å². The number of epoxide rings is 1. The molecule has 13 atom stereocenters. The fourth-order valence-corrected chi connectivity index (χ4v) is 9.88. The summed E-state index contributed by atoms with van der Waals surface area (Å²) < 4.78 is 17.7. The molecule has 12 heteroatoms. The molecular formula is C25H33NO11. The van der Waals surface area contributed by atoms with E-state index in [1.807, 2.05) is 0 Å². The number of hydrogen-bond acceptors (Lipinski definition) is 11. The van der Waals surface area contributed by atoms with Crippen molar-refractivity contribution in [1.82, 2.24) is 4.98 Å². The highest BCUT2D eigenvalue weighted by Gasteiger charge is 3.11. The summed E-state index contributed by atoms with van der Waals surface area (Å²) in [6.07, 6.45) is -3.48. The number of ether oxygens (including phenoxy) is 3. The lowest BCUT2D eigenvalue weighted by Gasteiger charge is -2.59. The molecule has 4 saturated carbocycles. The van der Waals surface area contributed by atoms with Crippen LogP contribution in [0.25, 0.3) is 0 Å². The summed E-state index contributed by atoms with van der Waals surface area (Å²) in [7, 11) is 0. The molecule has 0 radical (unpaired) electrons. The van der Waals surface area contributed by atoms with Crippen LogP contribution in [0.4, 0.5) is 0 Å². The van der Waals surface area contributed by atoms with E-state index >= 15 is 0 Å². The summed E-state index contributed by atoms with van der Waals surface area (Å²) in [5.74, 6) is -4.57. The number of nitrogens with one attached hydrogen (secondary N) is 1. The van der Waals surface area contributed by atoms with Gasteiger partial charge in [-0.05, 0) is 26.0 Å². The number of rotatable bonds is 4. The van der Waals surface area contributed by atoms with Gasteiger partial charge in [0.1, 0.15) is 39.8 Å². The number of carbonyl (C=O) groups excluding carboxylic acids is 1. The maximum absolute atomic E-state index is 13.2. The highest BCUT2D eigenvalue weighted by molar-refractivity contribution is 5.87. The van der Waals surface area contributed by atoms with Crippen LogP contribution >= 0.6 is 0 Å². The minimum Gasteiger partial charge on any atom is -0.451 e. The van der Waals surface area contributed by atoms with Gasteiger partial charge >= 0.3 is 5.97 Å². The van der Waals surface area contributed by atoms with E-state index in [9.17, 15) is 40.5 Å². The molecule has 1 aromatic heterocycles. The molecule has 8 N–H and O–H groups in total. The Kier molecular flexibility index (Phi) is 3.92. The maximum Gasteiger partial charge on any atom is 0.355 e. The number of H-pyrrole nitrogens is 1. The molecule has 4 heterocycles. The molecule has 1 spiro atoms. The summed E-state index contributed by atoms with van der Waals surface area (Å²) in [5.41, 5.74) is -18.0. The van der Waals surface area contributed by atoms with Gasteiger partial charge in [0.15, 0.2) is 17.5 Å². The van der Waals surface area contributed by atoms with Gasteiger partial charge in [0.2, 0.25) is 0 Å². The lowest BCUT2D eigenvalue weighted by Crippen LogP contribution is -2.77. The zero-order valence-corrected chi connectivity index (χ0v) is 20.9. The third kappa shape index (κ3) is 1.75. The van der Waals surface area contributed by atoms with Gasteiger partial charge in [-0.2, -0.15) is 0 Å². The molecule has 7 fully saturated rings. The van der Waals surface area contributed by atoms with E-state index in [0.29, 0.717) is 0 Å². The van der Waals surface area contributed by atoms with E-state index in [4.69, 9.17) is 14.2 Å². The monoisotopic (exact) mass is 523 g/mol. The number of aliphatic hydroxyl groups is 7. The first-order valence-electron chi connectivity index (χ1n) is 12.6. The normalized spacial score (nSPS) is 62.8. The van der Waals surface area contributed by atoms with Gasteiger partial charge < -0.3 is 54.9 Å². The van der Waals surface area contributed by atoms with Crippen LogP contribution in [-0.4, -0.2) is 111 Å². The summed E-state index contributed by atoms with van der Waals surface area (Å²) in [6, 6.07) is 2.97. The number of aliphatic hydroxyl groups excluding tert-OH is 2. The summed E-state index contributed by atoms with van der Waals surface area (Å²) >= 11 is 0. The van der Waals surface area contributed by atoms with Crippen molar-refractivity contribution in [3.63, 3.8) is 0 Å². The Bertz CT molecular complexity index is 1240. The van der Waals surface area contributed by atoms with E-state index in [0.717, 1.165) is 0 Å². The Morgan fingerprint density at radius 1 is 1.22 bits per heavy atom. The van der Waals surface area contributed by atoms with E-state index in [-0.39, 0.29) is 12.1 Å². The molecule has 13 unspecified atom stereocenters. The molecule has 8 rings (SSSR count). The molecule has 3 saturated heterocycles. The smallest absolute Gasteiger partial charge is 0.355 e. The Morgan fingerprint density at radius 2 is 1.89 bits per heavy atom. The first-order valence-corrected chi connectivity index (χ1v) is 12.6. The molecule has 12 nitrogen and oxygen atoms in total. The van der Waals surface area contributed by atoms with Crippen molar-refractivity contribution in [2.75, 3.05) is 6.61 Å². The third-order valence-electron chi connectivity index (χ3n) is 11.9. The average molecular weight is 524 g/mol. The zero-order chi connectivity index (χ0) is 27.0. The standard InChI is InChI=1S/C25H33NO11/c1-11(9-27)22(32)16(35-14(28)12-6-5-7-26-12)23(33)17(2)10-21(31)19(22,4)25(23,34)24(37-21)15(29)18(3)13(36-18)8-20(17,24)30/h5-7,11,13,15-16,26-27,29-34H,8-10H2,1-4H3. The van der Waals surface area contributed by atoms with Gasteiger partial charge in [-0.15, -0.1) is 0 Å². The van der Waals surface area contributed by atoms with Crippen LogP contribution in [0.3, 0.4) is 0 Å². The first kappa shape index (κ1) is 24.4. The molecule has 1 aromatic rings. The van der Waals surface area contributed by atoms with Gasteiger partial charge in [0, 0.05) is 37.0 Å². The Hall–Kier alpha value is -1.61. The van der Waals surface area contributed by atoms with Crippen molar-refractivity contribution < 1.29 is 54.8 Å². The van der Waals surface area contributed by atoms with Crippen LogP contribution in [0.5, 0.6) is 0 Å². The Labute approximate surface area is 211 Å². The Morgan fingerprint density at radius 3 is 2.49 bits per heavy atom. The predicted octanol–water partition coefficient (Wildman–Crippen LogP) is -2.08. The van der Waals surface area contributed by atoms with Crippen LogP contribution in [0.1, 0.15) is 51.0 Å². The average Bonchev–Trinajstić information content (AvgIpc) is 3.15. The maximum atomic E-state index is 13.2. The van der Waals surface area contributed by atoms with Crippen LogP contribution in [0.15, 0.2) is 18.3 Å². The van der Waals surface area contributed by atoms with E-state index < -0.39 is 93.5 Å². The lowest BCUT2D eigenvalue weighted by atomic mass is 9.52. The third-order valence-corrected chi connectivity index (χ3v) is 11.9. The molecule has 37 heavy (non-hydrogen) atoms. The second-order valence-electron chi connectivity index (χ2n) is 12.8. The molecule has 0 amide bonds. The molecular weight excluding hydrogens is 490 g/mol. The fraction of sp³-hybridized carbons (Fsp3) is 0.800. The van der Waals surface area contributed by atoms with Crippen LogP contribution in [0, 0.1) is 16.7 Å². The van der Waals surface area contributed by atoms with Gasteiger partial charge in [-0.3, -0.25) is 0 Å². The van der Waals surface area contributed by atoms with Crippen molar-refractivity contribution in [2.45, 2.75) is 98.2 Å². The van der Waals surface area contributed by atoms with E-state index in [2.05, 4.69) is 4.98 Å². The van der Waals surface area contributed by atoms with Gasteiger partial charge in [-0.1, -0.05) is 13.8 Å². The number of aromatic nitrogens is 1. The van der Waals surface area contributed by atoms with Crippen molar-refractivity contribution in [3.05, 3.63) is 24.0 Å². The van der Waals surface area contributed by atoms with E-state index in [1.165, 1.54) is 33.0 Å². The quantitative estimate of drug-likeness (QED) is 0.159.